The summed E-state index contributed by atoms with van der Waals surface area (Å²) in [4.78, 5) is 13.6. The van der Waals surface area contributed by atoms with Gasteiger partial charge < -0.3 is 14.4 Å². The van der Waals surface area contributed by atoms with Crippen molar-refractivity contribution < 1.29 is 14.3 Å². The average Bonchev–Trinajstić information content (AvgIpc) is 2.83. The Morgan fingerprint density at radius 1 is 1.47 bits per heavy atom. The molecule has 1 amide bonds. The fourth-order valence-corrected chi connectivity index (χ4v) is 2.42. The number of hydrogen-bond acceptors (Lipinski definition) is 3. The molecule has 4 heteroatoms. The zero-order valence-electron chi connectivity index (χ0n) is 10.5. The summed E-state index contributed by atoms with van der Waals surface area (Å²) in [6, 6.07) is 0. The maximum absolute atomic E-state index is 11.9. The quantitative estimate of drug-likeness (QED) is 0.710. The molecule has 2 rings (SSSR count). The summed E-state index contributed by atoms with van der Waals surface area (Å²) >= 11 is 0. The molecule has 1 saturated carbocycles. The molecule has 17 heavy (non-hydrogen) atoms. The fraction of sp³-hybridized carbons (Fsp3) is 0.769. The standard InChI is InChI=1S/C13H21NO3/c1-16-10-11-6-8-14(9-7-11)13(15)17-12-4-2-3-5-12/h6,12H,2-5,7-10H2,1H3. The number of carbonyl (C=O) groups is 1. The third-order valence-electron chi connectivity index (χ3n) is 3.46. The minimum Gasteiger partial charge on any atom is -0.446 e. The molecular formula is C13H21NO3. The van der Waals surface area contributed by atoms with Gasteiger partial charge in [-0.15, -0.1) is 0 Å². The zero-order valence-corrected chi connectivity index (χ0v) is 10.5. The van der Waals surface area contributed by atoms with E-state index in [0.717, 1.165) is 25.8 Å². The van der Waals surface area contributed by atoms with Gasteiger partial charge >= 0.3 is 6.09 Å². The van der Waals surface area contributed by atoms with Gasteiger partial charge in [-0.1, -0.05) is 6.08 Å². The van der Waals surface area contributed by atoms with Gasteiger partial charge in [0, 0.05) is 20.2 Å². The highest BCUT2D eigenvalue weighted by Crippen LogP contribution is 2.22. The SMILES string of the molecule is COCC1=CCN(C(=O)OC2CCCC2)CC1. The van der Waals surface area contributed by atoms with Crippen LogP contribution in [0.5, 0.6) is 0 Å². The van der Waals surface area contributed by atoms with E-state index in [1.165, 1.54) is 18.4 Å². The van der Waals surface area contributed by atoms with Gasteiger partial charge in [-0.3, -0.25) is 0 Å². The van der Waals surface area contributed by atoms with Gasteiger partial charge in [0.15, 0.2) is 0 Å². The number of nitrogens with zero attached hydrogens (tertiary/aromatic N) is 1. The average molecular weight is 239 g/mol. The van der Waals surface area contributed by atoms with Gasteiger partial charge in [-0.25, -0.2) is 4.79 Å². The Kier molecular flexibility index (Phi) is 4.42. The summed E-state index contributed by atoms with van der Waals surface area (Å²) in [5, 5.41) is 0. The van der Waals surface area contributed by atoms with Gasteiger partial charge in [0.2, 0.25) is 0 Å². The minimum atomic E-state index is -0.149. The first kappa shape index (κ1) is 12.4. The molecule has 96 valence electrons. The van der Waals surface area contributed by atoms with E-state index in [1.807, 2.05) is 0 Å². The molecular weight excluding hydrogens is 218 g/mol. The monoisotopic (exact) mass is 239 g/mol. The van der Waals surface area contributed by atoms with E-state index in [1.54, 1.807) is 12.0 Å². The predicted octanol–water partition coefficient (Wildman–Crippen LogP) is 2.34. The first-order chi connectivity index (χ1) is 8.29. The summed E-state index contributed by atoms with van der Waals surface area (Å²) in [5.74, 6) is 0. The number of rotatable bonds is 3. The van der Waals surface area contributed by atoms with E-state index in [4.69, 9.17) is 9.47 Å². The maximum Gasteiger partial charge on any atom is 0.410 e. The van der Waals surface area contributed by atoms with Gasteiger partial charge in [-0.05, 0) is 37.7 Å². The Morgan fingerprint density at radius 2 is 2.24 bits per heavy atom. The smallest absolute Gasteiger partial charge is 0.410 e. The Morgan fingerprint density at radius 3 is 2.82 bits per heavy atom. The van der Waals surface area contributed by atoms with Crippen LogP contribution in [0, 0.1) is 0 Å². The van der Waals surface area contributed by atoms with Crippen LogP contribution < -0.4 is 0 Å². The lowest BCUT2D eigenvalue weighted by atomic mass is 10.1. The molecule has 1 aliphatic carbocycles. The Bertz CT molecular complexity index is 295. The molecule has 0 aromatic heterocycles. The summed E-state index contributed by atoms with van der Waals surface area (Å²) in [6.45, 7) is 2.08. The lowest BCUT2D eigenvalue weighted by Crippen LogP contribution is -2.37. The predicted molar refractivity (Wildman–Crippen MR) is 64.9 cm³/mol. The van der Waals surface area contributed by atoms with E-state index in [2.05, 4.69) is 6.08 Å². The van der Waals surface area contributed by atoms with Crippen molar-refractivity contribution in [3.8, 4) is 0 Å². The first-order valence-electron chi connectivity index (χ1n) is 6.42. The van der Waals surface area contributed by atoms with Crippen LogP contribution in [0.3, 0.4) is 0 Å². The van der Waals surface area contributed by atoms with Crippen molar-refractivity contribution in [1.29, 1.82) is 0 Å². The highest BCUT2D eigenvalue weighted by atomic mass is 16.6. The van der Waals surface area contributed by atoms with Crippen molar-refractivity contribution in [2.75, 3.05) is 26.8 Å². The number of methoxy groups -OCH3 is 1. The molecule has 0 atom stereocenters. The molecule has 1 heterocycles. The molecule has 0 saturated heterocycles. The second-order valence-corrected chi connectivity index (χ2v) is 4.78. The van der Waals surface area contributed by atoms with Gasteiger partial charge in [0.1, 0.15) is 6.10 Å². The summed E-state index contributed by atoms with van der Waals surface area (Å²) in [6.07, 6.45) is 7.42. The van der Waals surface area contributed by atoms with Crippen LogP contribution in [0.4, 0.5) is 4.79 Å². The van der Waals surface area contributed by atoms with Crippen LogP contribution in [-0.4, -0.2) is 43.9 Å². The normalized spacial score (nSPS) is 21.5. The highest BCUT2D eigenvalue weighted by Gasteiger charge is 2.24. The van der Waals surface area contributed by atoms with Gasteiger partial charge in [-0.2, -0.15) is 0 Å². The summed E-state index contributed by atoms with van der Waals surface area (Å²) < 4.78 is 10.6. The lowest BCUT2D eigenvalue weighted by Gasteiger charge is -2.27. The van der Waals surface area contributed by atoms with E-state index in [9.17, 15) is 4.79 Å². The van der Waals surface area contributed by atoms with Gasteiger partial charge in [0.05, 0.1) is 6.61 Å². The number of carbonyl (C=O) groups excluding carboxylic acids is 1. The molecule has 1 fully saturated rings. The molecule has 4 nitrogen and oxygen atoms in total. The number of hydrogen-bond donors (Lipinski definition) is 0. The molecule has 0 aromatic rings. The van der Waals surface area contributed by atoms with Crippen LogP contribution in [-0.2, 0) is 9.47 Å². The third kappa shape index (κ3) is 3.46. The van der Waals surface area contributed by atoms with E-state index < -0.39 is 0 Å². The molecule has 0 bridgehead atoms. The van der Waals surface area contributed by atoms with E-state index >= 15 is 0 Å². The van der Waals surface area contributed by atoms with Crippen molar-refractivity contribution in [3.63, 3.8) is 0 Å². The maximum atomic E-state index is 11.9. The van der Waals surface area contributed by atoms with Crippen molar-refractivity contribution in [2.24, 2.45) is 0 Å². The molecule has 1 aliphatic heterocycles. The second-order valence-electron chi connectivity index (χ2n) is 4.78. The van der Waals surface area contributed by atoms with E-state index in [-0.39, 0.29) is 12.2 Å². The van der Waals surface area contributed by atoms with Crippen LogP contribution in [0.15, 0.2) is 11.6 Å². The topological polar surface area (TPSA) is 38.8 Å². The van der Waals surface area contributed by atoms with Crippen LogP contribution in [0.2, 0.25) is 0 Å². The first-order valence-corrected chi connectivity index (χ1v) is 6.42. The second kappa shape index (κ2) is 6.05. The molecule has 0 spiro atoms. The highest BCUT2D eigenvalue weighted by molar-refractivity contribution is 5.68. The van der Waals surface area contributed by atoms with Gasteiger partial charge in [0.25, 0.3) is 0 Å². The molecule has 0 unspecified atom stereocenters. The van der Waals surface area contributed by atoms with Crippen molar-refractivity contribution in [3.05, 3.63) is 11.6 Å². The zero-order chi connectivity index (χ0) is 12.1. The molecule has 0 aromatic carbocycles. The van der Waals surface area contributed by atoms with E-state index in [0.29, 0.717) is 13.2 Å². The van der Waals surface area contributed by atoms with Crippen molar-refractivity contribution in [2.45, 2.75) is 38.2 Å². The lowest BCUT2D eigenvalue weighted by molar-refractivity contribution is 0.0669. The fourth-order valence-electron chi connectivity index (χ4n) is 2.42. The number of amides is 1. The molecule has 0 radical (unpaired) electrons. The summed E-state index contributed by atoms with van der Waals surface area (Å²) in [7, 11) is 1.70. The molecule has 2 aliphatic rings. The van der Waals surface area contributed by atoms with Crippen LogP contribution in [0.1, 0.15) is 32.1 Å². The third-order valence-corrected chi connectivity index (χ3v) is 3.46. The van der Waals surface area contributed by atoms with Crippen LogP contribution >= 0.6 is 0 Å². The Hall–Kier alpha value is -1.03. The summed E-state index contributed by atoms with van der Waals surface area (Å²) in [5.41, 5.74) is 1.28. The Balaban J connectivity index is 1.77. The minimum absolute atomic E-state index is 0.149. The van der Waals surface area contributed by atoms with Crippen LogP contribution in [0.25, 0.3) is 0 Å². The largest absolute Gasteiger partial charge is 0.446 e. The van der Waals surface area contributed by atoms with Crippen molar-refractivity contribution >= 4 is 6.09 Å². The number of ether oxygens (including phenoxy) is 2. The van der Waals surface area contributed by atoms with Crippen molar-refractivity contribution in [1.82, 2.24) is 4.90 Å². The Labute approximate surface area is 103 Å². The molecule has 0 N–H and O–H groups in total.